The number of nitrogens with zero attached hydrogens (tertiary/aromatic N) is 4. The molecule has 0 aromatic carbocycles. The summed E-state index contributed by atoms with van der Waals surface area (Å²) in [5, 5.41) is 11.3. The molecule has 0 amide bonds. The molecule has 0 radical (unpaired) electrons. The van der Waals surface area contributed by atoms with E-state index in [1.165, 1.54) is 8.99 Å². The molecule has 2 aliphatic rings. The largest absolute Gasteiger partial charge is 0.281 e. The van der Waals surface area contributed by atoms with Crippen molar-refractivity contribution in [2.24, 2.45) is 0 Å². The van der Waals surface area contributed by atoms with E-state index in [0.717, 1.165) is 43.4 Å². The molecule has 0 bridgehead atoms. The first-order valence-corrected chi connectivity index (χ1v) is 10.5. The van der Waals surface area contributed by atoms with Gasteiger partial charge in [-0.3, -0.25) is 9.89 Å². The molecule has 8 nitrogen and oxygen atoms in total. The lowest BCUT2D eigenvalue weighted by atomic mass is 10.2. The van der Waals surface area contributed by atoms with Gasteiger partial charge in [0, 0.05) is 18.7 Å². The van der Waals surface area contributed by atoms with E-state index >= 15 is 0 Å². The van der Waals surface area contributed by atoms with Gasteiger partial charge in [0.25, 0.3) is 5.56 Å². The Labute approximate surface area is 152 Å². The van der Waals surface area contributed by atoms with Gasteiger partial charge >= 0.3 is 0 Å². The first-order valence-electron chi connectivity index (χ1n) is 9.01. The maximum Gasteiger partial charge on any atom is 0.267 e. The third-order valence-corrected chi connectivity index (χ3v) is 7.57. The number of sulfonamides is 1. The summed E-state index contributed by atoms with van der Waals surface area (Å²) in [4.78, 5) is 12.6. The highest BCUT2D eigenvalue weighted by atomic mass is 32.2. The quantitative estimate of drug-likeness (QED) is 0.854. The first-order chi connectivity index (χ1) is 12.4. The number of aryl methyl sites for hydroxylation is 4. The Kier molecular flexibility index (Phi) is 4.23. The van der Waals surface area contributed by atoms with Crippen LogP contribution in [0.1, 0.15) is 41.9 Å². The van der Waals surface area contributed by atoms with Crippen molar-refractivity contribution in [3.8, 4) is 0 Å². The van der Waals surface area contributed by atoms with Gasteiger partial charge in [0.15, 0.2) is 0 Å². The van der Waals surface area contributed by atoms with Crippen LogP contribution in [0.4, 0.5) is 0 Å². The first kappa shape index (κ1) is 17.4. The number of aromatic amines is 1. The van der Waals surface area contributed by atoms with Crippen LogP contribution in [0.5, 0.6) is 0 Å². The van der Waals surface area contributed by atoms with Gasteiger partial charge in [0.05, 0.1) is 23.6 Å². The molecule has 0 spiro atoms. The summed E-state index contributed by atoms with van der Waals surface area (Å²) < 4.78 is 29.3. The van der Waals surface area contributed by atoms with Gasteiger partial charge in [-0.25, -0.2) is 13.1 Å². The van der Waals surface area contributed by atoms with Gasteiger partial charge in [-0.2, -0.15) is 14.5 Å². The highest BCUT2D eigenvalue weighted by molar-refractivity contribution is 7.89. The van der Waals surface area contributed by atoms with Gasteiger partial charge in [0.2, 0.25) is 10.0 Å². The number of H-pyrrole nitrogens is 1. The third-order valence-electron chi connectivity index (χ3n) is 5.36. The number of rotatable bonds is 4. The smallest absolute Gasteiger partial charge is 0.267 e. The fourth-order valence-corrected chi connectivity index (χ4v) is 6.14. The molecule has 2 aromatic rings. The highest BCUT2D eigenvalue weighted by Gasteiger charge is 2.38. The van der Waals surface area contributed by atoms with E-state index < -0.39 is 10.0 Å². The minimum atomic E-state index is -3.65. The number of nitrogens with one attached hydrogen (secondary N) is 1. The average Bonchev–Trinajstić information content (AvgIpc) is 3.28. The SMILES string of the molecule is Cc1n[nH]c(C)c1S(=O)(=O)N1CCCC1Cn1nc2c(cc1=O)CCC2. The number of hydrogen-bond donors (Lipinski definition) is 1. The minimum Gasteiger partial charge on any atom is -0.281 e. The van der Waals surface area contributed by atoms with E-state index in [-0.39, 0.29) is 16.5 Å². The molecule has 9 heteroatoms. The summed E-state index contributed by atoms with van der Waals surface area (Å²) in [5.74, 6) is 0. The maximum atomic E-state index is 13.2. The Morgan fingerprint density at radius 2 is 2.08 bits per heavy atom. The van der Waals surface area contributed by atoms with Crippen molar-refractivity contribution in [2.75, 3.05) is 6.54 Å². The van der Waals surface area contributed by atoms with Crippen molar-refractivity contribution in [3.63, 3.8) is 0 Å². The second-order valence-corrected chi connectivity index (χ2v) is 8.99. The Hall–Kier alpha value is -2.00. The van der Waals surface area contributed by atoms with Crippen LogP contribution < -0.4 is 5.56 Å². The topological polar surface area (TPSA) is 101 Å². The van der Waals surface area contributed by atoms with Gasteiger partial charge < -0.3 is 0 Å². The fraction of sp³-hybridized carbons (Fsp3) is 0.588. The third kappa shape index (κ3) is 2.79. The zero-order valence-corrected chi connectivity index (χ0v) is 15.8. The molecule has 2 aromatic heterocycles. The molecule has 1 atom stereocenters. The molecule has 1 N–H and O–H groups in total. The minimum absolute atomic E-state index is 0.148. The van der Waals surface area contributed by atoms with E-state index in [2.05, 4.69) is 15.3 Å². The van der Waals surface area contributed by atoms with Crippen molar-refractivity contribution in [2.45, 2.75) is 63.4 Å². The normalized spacial score (nSPS) is 20.6. The van der Waals surface area contributed by atoms with Crippen molar-refractivity contribution in [1.29, 1.82) is 0 Å². The number of aromatic nitrogens is 4. The average molecular weight is 377 g/mol. The van der Waals surface area contributed by atoms with Gasteiger partial charge in [-0.1, -0.05) is 0 Å². The molecule has 1 unspecified atom stereocenters. The molecule has 4 rings (SSSR count). The fourth-order valence-electron chi connectivity index (χ4n) is 4.12. The molecule has 1 fully saturated rings. The standard InChI is InChI=1S/C17H23N5O3S/c1-11-17(12(2)19-18-11)26(24,25)22-8-4-6-14(22)10-21-16(23)9-13-5-3-7-15(13)20-21/h9,14H,3-8,10H2,1-2H3,(H,18,19). The summed E-state index contributed by atoms with van der Waals surface area (Å²) in [5.41, 5.74) is 2.87. The number of hydrogen-bond acceptors (Lipinski definition) is 5. The lowest BCUT2D eigenvalue weighted by Gasteiger charge is -2.24. The van der Waals surface area contributed by atoms with Crippen LogP contribution in [0.25, 0.3) is 0 Å². The lowest BCUT2D eigenvalue weighted by molar-refractivity contribution is 0.334. The Morgan fingerprint density at radius 1 is 1.27 bits per heavy atom. The summed E-state index contributed by atoms with van der Waals surface area (Å²) in [6.07, 6.45) is 4.31. The van der Waals surface area contributed by atoms with Crippen LogP contribution in [-0.4, -0.2) is 45.3 Å². The predicted molar refractivity (Wildman–Crippen MR) is 95.5 cm³/mol. The van der Waals surface area contributed by atoms with Crippen LogP contribution in [-0.2, 0) is 29.4 Å². The molecular weight excluding hydrogens is 354 g/mol. The molecule has 3 heterocycles. The van der Waals surface area contributed by atoms with Crippen LogP contribution in [0.3, 0.4) is 0 Å². The summed E-state index contributed by atoms with van der Waals surface area (Å²) >= 11 is 0. The maximum absolute atomic E-state index is 13.2. The lowest BCUT2D eigenvalue weighted by Crippen LogP contribution is -2.41. The molecule has 1 aliphatic carbocycles. The Morgan fingerprint density at radius 3 is 2.81 bits per heavy atom. The van der Waals surface area contributed by atoms with Crippen LogP contribution >= 0.6 is 0 Å². The summed E-state index contributed by atoms with van der Waals surface area (Å²) in [6.45, 7) is 4.15. The van der Waals surface area contributed by atoms with Crippen LogP contribution in [0.15, 0.2) is 15.8 Å². The Bertz CT molecular complexity index is 988. The molecular formula is C17H23N5O3S. The van der Waals surface area contributed by atoms with Crippen LogP contribution in [0.2, 0.25) is 0 Å². The zero-order valence-electron chi connectivity index (χ0n) is 15.0. The zero-order chi connectivity index (χ0) is 18.5. The van der Waals surface area contributed by atoms with Gasteiger partial charge in [-0.05, 0) is 51.5 Å². The molecule has 1 aliphatic heterocycles. The highest BCUT2D eigenvalue weighted by Crippen LogP contribution is 2.29. The molecule has 1 saturated heterocycles. The second-order valence-electron chi connectivity index (χ2n) is 7.17. The number of fused-ring (bicyclic) bond motifs is 1. The van der Waals surface area contributed by atoms with Crippen molar-refractivity contribution in [1.82, 2.24) is 24.3 Å². The molecule has 0 saturated carbocycles. The molecule has 26 heavy (non-hydrogen) atoms. The van der Waals surface area contributed by atoms with Gasteiger partial charge in [0.1, 0.15) is 4.90 Å². The van der Waals surface area contributed by atoms with Crippen molar-refractivity contribution >= 4 is 10.0 Å². The van der Waals surface area contributed by atoms with Gasteiger partial charge in [-0.15, -0.1) is 0 Å². The molecule has 140 valence electrons. The van der Waals surface area contributed by atoms with Crippen molar-refractivity contribution < 1.29 is 8.42 Å². The van der Waals surface area contributed by atoms with E-state index in [0.29, 0.717) is 24.5 Å². The van der Waals surface area contributed by atoms with E-state index in [4.69, 9.17) is 0 Å². The van der Waals surface area contributed by atoms with E-state index in [1.54, 1.807) is 19.9 Å². The van der Waals surface area contributed by atoms with Crippen LogP contribution in [0, 0.1) is 13.8 Å². The Balaban J connectivity index is 1.65. The monoisotopic (exact) mass is 377 g/mol. The van der Waals surface area contributed by atoms with E-state index in [9.17, 15) is 13.2 Å². The van der Waals surface area contributed by atoms with Crippen molar-refractivity contribution in [3.05, 3.63) is 39.1 Å². The summed E-state index contributed by atoms with van der Waals surface area (Å²) in [6, 6.07) is 1.39. The van der Waals surface area contributed by atoms with E-state index in [1.807, 2.05) is 0 Å². The predicted octanol–water partition coefficient (Wildman–Crippen LogP) is 0.925. The second kappa shape index (κ2) is 6.31. The summed E-state index contributed by atoms with van der Waals surface area (Å²) in [7, 11) is -3.65.